The lowest BCUT2D eigenvalue weighted by Crippen LogP contribution is -2.44. The Morgan fingerprint density at radius 3 is 2.62 bits per heavy atom. The molecule has 0 radical (unpaired) electrons. The summed E-state index contributed by atoms with van der Waals surface area (Å²) in [5, 5.41) is 16.8. The number of aliphatic hydroxyl groups is 1. The molecular weight excluding hydrogens is 307 g/mol. The van der Waals surface area contributed by atoms with Crippen LogP contribution < -0.4 is 10.6 Å². The maximum absolute atomic E-state index is 13.6. The van der Waals surface area contributed by atoms with Crippen molar-refractivity contribution in [3.63, 3.8) is 0 Å². The zero-order valence-corrected chi connectivity index (χ0v) is 14.0. The summed E-state index contributed by atoms with van der Waals surface area (Å²) >= 11 is 0. The standard InChI is InChI=1S/C18H23FN4O/c1-3-20-17(22-12-16-15(19)10-7-11-21-16)23-13-18(2,24)14-8-5-4-6-9-14/h4-11,24H,3,12-13H2,1-2H3,(H2,20,22,23). The van der Waals surface area contributed by atoms with Crippen LogP contribution in [0.15, 0.2) is 53.7 Å². The van der Waals surface area contributed by atoms with Crippen molar-refractivity contribution >= 4 is 5.96 Å². The van der Waals surface area contributed by atoms with Gasteiger partial charge < -0.3 is 15.7 Å². The Morgan fingerprint density at radius 1 is 1.21 bits per heavy atom. The zero-order valence-electron chi connectivity index (χ0n) is 14.0. The van der Waals surface area contributed by atoms with Gasteiger partial charge >= 0.3 is 0 Å². The summed E-state index contributed by atoms with van der Waals surface area (Å²) in [5.74, 6) is 0.118. The first kappa shape index (κ1) is 17.9. The molecule has 24 heavy (non-hydrogen) atoms. The van der Waals surface area contributed by atoms with Crippen LogP contribution in [-0.4, -0.2) is 29.1 Å². The van der Waals surface area contributed by atoms with Gasteiger partial charge in [-0.3, -0.25) is 4.98 Å². The first-order valence-electron chi connectivity index (χ1n) is 7.92. The molecule has 0 saturated carbocycles. The number of rotatable bonds is 6. The fraction of sp³-hybridized carbons (Fsp3) is 0.333. The van der Waals surface area contributed by atoms with E-state index in [0.717, 1.165) is 5.56 Å². The number of aromatic nitrogens is 1. The minimum Gasteiger partial charge on any atom is -0.384 e. The highest BCUT2D eigenvalue weighted by atomic mass is 19.1. The molecule has 1 aromatic carbocycles. The number of nitrogens with one attached hydrogen (secondary N) is 2. The zero-order chi connectivity index (χ0) is 17.4. The third-order valence-electron chi connectivity index (χ3n) is 3.56. The Kier molecular flexibility index (Phi) is 6.26. The van der Waals surface area contributed by atoms with E-state index in [-0.39, 0.29) is 24.6 Å². The highest BCUT2D eigenvalue weighted by molar-refractivity contribution is 5.79. The minimum absolute atomic E-state index is 0.121. The van der Waals surface area contributed by atoms with Crippen LogP contribution in [-0.2, 0) is 12.1 Å². The Bertz CT molecular complexity index is 674. The van der Waals surface area contributed by atoms with Gasteiger partial charge in [0.2, 0.25) is 0 Å². The van der Waals surface area contributed by atoms with Gasteiger partial charge in [-0.1, -0.05) is 30.3 Å². The smallest absolute Gasteiger partial charge is 0.191 e. The molecule has 1 unspecified atom stereocenters. The van der Waals surface area contributed by atoms with Crippen LogP contribution in [0, 0.1) is 5.82 Å². The van der Waals surface area contributed by atoms with E-state index >= 15 is 0 Å². The molecule has 0 amide bonds. The number of halogens is 1. The molecule has 2 aromatic rings. The largest absolute Gasteiger partial charge is 0.384 e. The molecule has 0 spiro atoms. The Labute approximate surface area is 141 Å². The third-order valence-corrected chi connectivity index (χ3v) is 3.56. The second-order valence-corrected chi connectivity index (χ2v) is 5.62. The van der Waals surface area contributed by atoms with Crippen LogP contribution in [0.1, 0.15) is 25.1 Å². The minimum atomic E-state index is -1.05. The van der Waals surface area contributed by atoms with Crippen LogP contribution in [0.25, 0.3) is 0 Å². The Balaban J connectivity index is 2.03. The summed E-state index contributed by atoms with van der Waals surface area (Å²) < 4.78 is 13.6. The highest BCUT2D eigenvalue weighted by Gasteiger charge is 2.22. The van der Waals surface area contributed by atoms with Crippen LogP contribution >= 0.6 is 0 Å². The van der Waals surface area contributed by atoms with E-state index in [1.54, 1.807) is 13.0 Å². The van der Waals surface area contributed by atoms with Gasteiger partial charge in [0.15, 0.2) is 5.96 Å². The summed E-state index contributed by atoms with van der Waals surface area (Å²) in [5.41, 5.74) is 0.0434. The van der Waals surface area contributed by atoms with Crippen molar-refractivity contribution in [1.82, 2.24) is 15.6 Å². The molecule has 0 saturated heterocycles. The van der Waals surface area contributed by atoms with Crippen LogP contribution in [0.3, 0.4) is 0 Å². The number of nitrogens with zero attached hydrogens (tertiary/aromatic N) is 2. The van der Waals surface area contributed by atoms with Crippen LogP contribution in [0.5, 0.6) is 0 Å². The molecule has 1 atom stereocenters. The number of benzene rings is 1. The normalized spacial score (nSPS) is 14.1. The maximum Gasteiger partial charge on any atom is 0.191 e. The summed E-state index contributed by atoms with van der Waals surface area (Å²) in [6.45, 7) is 4.72. The van der Waals surface area contributed by atoms with Gasteiger partial charge in [0.25, 0.3) is 0 Å². The van der Waals surface area contributed by atoms with Crippen molar-refractivity contribution < 1.29 is 9.50 Å². The van der Waals surface area contributed by atoms with Crippen molar-refractivity contribution in [2.45, 2.75) is 26.0 Å². The van der Waals surface area contributed by atoms with Gasteiger partial charge in [0.05, 0.1) is 18.8 Å². The summed E-state index contributed by atoms with van der Waals surface area (Å²) in [4.78, 5) is 8.30. The first-order valence-corrected chi connectivity index (χ1v) is 7.92. The van der Waals surface area contributed by atoms with E-state index in [4.69, 9.17) is 0 Å². The molecule has 0 aliphatic heterocycles. The average Bonchev–Trinajstić information content (AvgIpc) is 2.59. The Hall–Kier alpha value is -2.47. The average molecular weight is 330 g/mol. The van der Waals surface area contributed by atoms with Gasteiger partial charge in [-0.05, 0) is 31.5 Å². The van der Waals surface area contributed by atoms with Gasteiger partial charge in [-0.25, -0.2) is 9.38 Å². The van der Waals surface area contributed by atoms with Crippen molar-refractivity contribution in [2.24, 2.45) is 4.99 Å². The summed E-state index contributed by atoms with van der Waals surface area (Å²) in [6.07, 6.45) is 1.54. The van der Waals surface area contributed by atoms with Crippen LogP contribution in [0.4, 0.5) is 4.39 Å². The van der Waals surface area contributed by atoms with Crippen molar-refractivity contribution in [3.8, 4) is 0 Å². The molecular formula is C18H23FN4O. The summed E-state index contributed by atoms with van der Waals surface area (Å²) in [6, 6.07) is 12.3. The molecule has 0 bridgehead atoms. The molecule has 3 N–H and O–H groups in total. The SMILES string of the molecule is CCNC(=NCc1ncccc1F)NCC(C)(O)c1ccccc1. The van der Waals surface area contributed by atoms with Crippen molar-refractivity contribution in [2.75, 3.05) is 13.1 Å². The second-order valence-electron chi connectivity index (χ2n) is 5.62. The lowest BCUT2D eigenvalue weighted by atomic mass is 9.96. The Morgan fingerprint density at radius 2 is 1.96 bits per heavy atom. The lowest BCUT2D eigenvalue weighted by molar-refractivity contribution is 0.0617. The number of pyridine rings is 1. The van der Waals surface area contributed by atoms with E-state index in [1.165, 1.54) is 12.3 Å². The lowest BCUT2D eigenvalue weighted by Gasteiger charge is -2.25. The van der Waals surface area contributed by atoms with Crippen LogP contribution in [0.2, 0.25) is 0 Å². The van der Waals surface area contributed by atoms with Crippen molar-refractivity contribution in [1.29, 1.82) is 0 Å². The fourth-order valence-corrected chi connectivity index (χ4v) is 2.19. The number of guanidine groups is 1. The van der Waals surface area contributed by atoms with Gasteiger partial charge in [0.1, 0.15) is 11.4 Å². The van der Waals surface area contributed by atoms with Gasteiger partial charge in [-0.15, -0.1) is 0 Å². The predicted molar refractivity (Wildman–Crippen MR) is 93.0 cm³/mol. The molecule has 5 nitrogen and oxygen atoms in total. The van der Waals surface area contributed by atoms with Gasteiger partial charge in [-0.2, -0.15) is 0 Å². The molecule has 1 aromatic heterocycles. The maximum atomic E-state index is 13.6. The highest BCUT2D eigenvalue weighted by Crippen LogP contribution is 2.18. The fourth-order valence-electron chi connectivity index (χ4n) is 2.19. The molecule has 0 fully saturated rings. The van der Waals surface area contributed by atoms with E-state index in [1.807, 2.05) is 37.3 Å². The summed E-state index contributed by atoms with van der Waals surface area (Å²) in [7, 11) is 0. The molecule has 1 heterocycles. The van der Waals surface area contributed by atoms with E-state index in [0.29, 0.717) is 12.5 Å². The first-order chi connectivity index (χ1) is 11.5. The number of hydrogen-bond acceptors (Lipinski definition) is 3. The molecule has 2 rings (SSSR count). The number of hydrogen-bond donors (Lipinski definition) is 3. The van der Waals surface area contributed by atoms with E-state index in [2.05, 4.69) is 20.6 Å². The van der Waals surface area contributed by atoms with E-state index in [9.17, 15) is 9.50 Å². The molecule has 0 aliphatic carbocycles. The van der Waals surface area contributed by atoms with Crippen molar-refractivity contribution in [3.05, 3.63) is 65.7 Å². The monoisotopic (exact) mass is 330 g/mol. The third kappa shape index (κ3) is 5.03. The quantitative estimate of drug-likeness (QED) is 0.561. The van der Waals surface area contributed by atoms with Gasteiger partial charge in [0, 0.05) is 12.7 Å². The second kappa shape index (κ2) is 8.40. The molecule has 6 heteroatoms. The topological polar surface area (TPSA) is 69.5 Å². The molecule has 0 aliphatic rings. The predicted octanol–water partition coefficient (Wildman–Crippen LogP) is 2.18. The van der Waals surface area contributed by atoms with E-state index < -0.39 is 5.60 Å². The number of aliphatic imine (C=N–C) groups is 1. The molecule has 128 valence electrons.